The van der Waals surface area contributed by atoms with Gasteiger partial charge < -0.3 is 24.6 Å². The van der Waals surface area contributed by atoms with Crippen LogP contribution in [0.5, 0.6) is 5.75 Å². The Morgan fingerprint density at radius 3 is 2.40 bits per heavy atom. The number of nitrogens with zero attached hydrogens (tertiary/aromatic N) is 2. The van der Waals surface area contributed by atoms with Gasteiger partial charge in [0.25, 0.3) is 11.8 Å². The van der Waals surface area contributed by atoms with E-state index in [0.717, 1.165) is 24.0 Å². The highest BCUT2D eigenvalue weighted by atomic mass is 32.2. The quantitative estimate of drug-likeness (QED) is 0.286. The second-order valence-corrected chi connectivity index (χ2v) is 19.3. The third kappa shape index (κ3) is 8.90. The molecular weight excluding hydrogens is 749 g/mol. The molecule has 13 nitrogen and oxygen atoms in total. The number of likely N-dealkylation sites (tertiary alicyclic amines) is 1. The molecule has 0 spiro atoms. The Balaban J connectivity index is 1.18. The Morgan fingerprint density at radius 2 is 1.68 bits per heavy atom. The van der Waals surface area contributed by atoms with Crippen molar-refractivity contribution in [3.05, 3.63) is 66.2 Å². The second kappa shape index (κ2) is 15.9. The molecule has 3 heterocycles. The molecule has 14 heteroatoms. The molecule has 0 aromatic heterocycles. The summed E-state index contributed by atoms with van der Waals surface area (Å²) in [5.74, 6) is -3.60. The number of methoxy groups -OCH3 is 1. The molecule has 2 saturated carbocycles. The summed E-state index contributed by atoms with van der Waals surface area (Å²) >= 11 is 0. The zero-order chi connectivity index (χ0) is 40.7. The van der Waals surface area contributed by atoms with E-state index in [1.165, 1.54) is 0 Å². The van der Waals surface area contributed by atoms with E-state index in [1.807, 2.05) is 54.6 Å². The molecule has 2 aliphatic carbocycles. The number of rotatable bonds is 8. The highest BCUT2D eigenvalue weighted by Gasteiger charge is 2.63. The van der Waals surface area contributed by atoms with Crippen molar-refractivity contribution in [3.63, 3.8) is 0 Å². The lowest BCUT2D eigenvalue weighted by molar-refractivity contribution is -0.159. The van der Waals surface area contributed by atoms with Gasteiger partial charge in [0, 0.05) is 48.9 Å². The fourth-order valence-electron chi connectivity index (χ4n) is 8.77. The molecule has 0 bridgehead atoms. The highest BCUT2D eigenvalue weighted by Crippen LogP contribution is 2.47. The SMILES string of the molecule is COc1cccc(-c2cccc(C(=O)N3C[C@H]4CN5C(=O)[C@H](CC(=O)OC(C)(C)C)CCCCC/C=C\[C@@H]6C[C@@]6(C(=O)NS(=O)(=O)C6CC6)NC(=O)[C@@H]5[C@H]4C3)c2)c1. The molecule has 306 valence electrons. The average molecular weight is 803 g/mol. The van der Waals surface area contributed by atoms with Crippen LogP contribution in [0.3, 0.4) is 0 Å². The number of benzene rings is 2. The number of fused-ring (bicyclic) bond motifs is 4. The minimum absolute atomic E-state index is 0.141. The lowest BCUT2D eigenvalue weighted by Gasteiger charge is -2.33. The smallest absolute Gasteiger partial charge is 0.307 e. The summed E-state index contributed by atoms with van der Waals surface area (Å²) in [5, 5.41) is 2.32. The molecule has 2 aromatic rings. The number of hydrogen-bond acceptors (Lipinski definition) is 9. The van der Waals surface area contributed by atoms with E-state index in [1.54, 1.807) is 43.7 Å². The summed E-state index contributed by atoms with van der Waals surface area (Å²) in [4.78, 5) is 73.8. The van der Waals surface area contributed by atoms with Crippen LogP contribution in [-0.2, 0) is 33.9 Å². The van der Waals surface area contributed by atoms with Gasteiger partial charge in [-0.05, 0) is 94.7 Å². The molecule has 2 saturated heterocycles. The van der Waals surface area contributed by atoms with Crippen LogP contribution in [0.15, 0.2) is 60.7 Å². The first-order chi connectivity index (χ1) is 27.1. The molecule has 6 atom stereocenters. The zero-order valence-corrected chi connectivity index (χ0v) is 34.0. The van der Waals surface area contributed by atoms with E-state index in [4.69, 9.17) is 9.47 Å². The molecule has 57 heavy (non-hydrogen) atoms. The van der Waals surface area contributed by atoms with Gasteiger partial charge in [-0.2, -0.15) is 0 Å². The van der Waals surface area contributed by atoms with Gasteiger partial charge in [0.2, 0.25) is 21.8 Å². The van der Waals surface area contributed by atoms with Crippen LogP contribution in [0.2, 0.25) is 0 Å². The molecule has 7 rings (SSSR count). The molecule has 3 aliphatic heterocycles. The number of carbonyl (C=O) groups is 5. The second-order valence-electron chi connectivity index (χ2n) is 17.4. The monoisotopic (exact) mass is 802 g/mol. The van der Waals surface area contributed by atoms with E-state index < -0.39 is 68.0 Å². The summed E-state index contributed by atoms with van der Waals surface area (Å²) in [6.45, 7) is 5.98. The van der Waals surface area contributed by atoms with E-state index in [0.29, 0.717) is 50.0 Å². The number of esters is 1. The van der Waals surface area contributed by atoms with Crippen molar-refractivity contribution in [2.75, 3.05) is 26.7 Å². The summed E-state index contributed by atoms with van der Waals surface area (Å²) < 4.78 is 39.1. The van der Waals surface area contributed by atoms with Gasteiger partial charge in [0.15, 0.2) is 0 Å². The summed E-state index contributed by atoms with van der Waals surface area (Å²) in [6.07, 6.45) is 8.32. The van der Waals surface area contributed by atoms with Crippen molar-refractivity contribution in [2.24, 2.45) is 23.7 Å². The fraction of sp³-hybridized carbons (Fsp3) is 0.558. The molecule has 0 unspecified atom stereocenters. The Morgan fingerprint density at radius 1 is 0.947 bits per heavy atom. The van der Waals surface area contributed by atoms with Crippen LogP contribution < -0.4 is 14.8 Å². The number of hydrogen-bond donors (Lipinski definition) is 2. The van der Waals surface area contributed by atoms with Crippen LogP contribution in [0.1, 0.15) is 88.9 Å². The summed E-state index contributed by atoms with van der Waals surface area (Å²) in [6, 6.07) is 13.8. The Hall–Kier alpha value is -4.72. The van der Waals surface area contributed by atoms with Gasteiger partial charge in [-0.3, -0.25) is 28.7 Å². The van der Waals surface area contributed by atoms with Crippen molar-refractivity contribution >= 4 is 39.6 Å². The molecule has 4 amide bonds. The fourth-order valence-corrected chi connectivity index (χ4v) is 10.1. The van der Waals surface area contributed by atoms with Crippen molar-refractivity contribution in [1.29, 1.82) is 0 Å². The minimum atomic E-state index is -3.90. The van der Waals surface area contributed by atoms with E-state index in [2.05, 4.69) is 10.0 Å². The first kappa shape index (κ1) is 40.5. The first-order valence-electron chi connectivity index (χ1n) is 20.2. The van der Waals surface area contributed by atoms with Crippen LogP contribution >= 0.6 is 0 Å². The zero-order valence-electron chi connectivity index (χ0n) is 33.2. The number of ether oxygens (including phenoxy) is 2. The van der Waals surface area contributed by atoms with Gasteiger partial charge in [-0.25, -0.2) is 8.42 Å². The number of allylic oxidation sites excluding steroid dienone is 1. The predicted octanol–water partition coefficient (Wildman–Crippen LogP) is 4.61. The highest BCUT2D eigenvalue weighted by molar-refractivity contribution is 7.91. The third-order valence-electron chi connectivity index (χ3n) is 12.0. The summed E-state index contributed by atoms with van der Waals surface area (Å²) in [5.41, 5.74) is -0.0418. The Labute approximate surface area is 334 Å². The van der Waals surface area contributed by atoms with Crippen LogP contribution in [0, 0.1) is 23.7 Å². The topological polar surface area (TPSA) is 168 Å². The first-order valence-corrected chi connectivity index (χ1v) is 21.7. The van der Waals surface area contributed by atoms with Crippen molar-refractivity contribution < 1.29 is 41.9 Å². The van der Waals surface area contributed by atoms with Crippen molar-refractivity contribution in [2.45, 2.75) is 101 Å². The van der Waals surface area contributed by atoms with E-state index in [9.17, 15) is 32.4 Å². The van der Waals surface area contributed by atoms with Gasteiger partial charge in [-0.15, -0.1) is 0 Å². The number of carbonyl (C=O) groups excluding carboxylic acids is 5. The van der Waals surface area contributed by atoms with Crippen LogP contribution in [0.25, 0.3) is 11.1 Å². The molecule has 5 aliphatic rings. The molecule has 4 fully saturated rings. The molecular formula is C43H54N4O9S. The van der Waals surface area contributed by atoms with E-state index in [-0.39, 0.29) is 43.7 Å². The molecule has 2 aromatic carbocycles. The van der Waals surface area contributed by atoms with Crippen molar-refractivity contribution in [1.82, 2.24) is 19.8 Å². The maximum Gasteiger partial charge on any atom is 0.307 e. The molecule has 0 radical (unpaired) electrons. The maximum atomic E-state index is 14.7. The number of amides is 4. The normalized spacial score (nSPS) is 28.5. The maximum absolute atomic E-state index is 14.7. The standard InChI is InChI=1S/C43H54N4O9S/c1-42(2,3)56-36(48)22-30-12-8-6-5-7-9-16-32-23-43(32,41(52)45-57(53,54)34-18-19-34)44-38(49)37-35-26-46(24-31(35)25-47(37)40(30)51)39(50)29-15-10-13-27(20-29)28-14-11-17-33(21-28)55-4/h9-11,13-17,20-21,30-32,34-35,37H,5-8,12,18-19,22-26H2,1-4H3,(H,44,49)(H,45,52)/b16-9-/t30-,31-,32+,35-,37-,43+/m0/s1. The van der Waals surface area contributed by atoms with E-state index >= 15 is 0 Å². The lowest BCUT2D eigenvalue weighted by Crippen LogP contribution is -2.58. The predicted molar refractivity (Wildman–Crippen MR) is 212 cm³/mol. The van der Waals surface area contributed by atoms with Crippen LogP contribution in [0.4, 0.5) is 0 Å². The third-order valence-corrected chi connectivity index (χ3v) is 13.8. The van der Waals surface area contributed by atoms with Crippen LogP contribution in [-0.4, -0.2) is 97.0 Å². The van der Waals surface area contributed by atoms with Gasteiger partial charge in [-0.1, -0.05) is 49.3 Å². The molecule has 2 N–H and O–H groups in total. The van der Waals surface area contributed by atoms with Crippen molar-refractivity contribution in [3.8, 4) is 16.9 Å². The number of nitrogens with one attached hydrogen (secondary N) is 2. The average Bonchev–Trinajstić information content (AvgIpc) is 4.06. The number of sulfonamides is 1. The Bertz CT molecular complexity index is 2060. The van der Waals surface area contributed by atoms with Gasteiger partial charge in [0.1, 0.15) is 22.9 Å². The summed E-state index contributed by atoms with van der Waals surface area (Å²) in [7, 11) is -2.31. The lowest BCUT2D eigenvalue weighted by atomic mass is 9.92. The Kier molecular flexibility index (Phi) is 11.3. The van der Waals surface area contributed by atoms with Gasteiger partial charge in [0.05, 0.1) is 18.8 Å². The van der Waals surface area contributed by atoms with Gasteiger partial charge >= 0.3 is 5.97 Å². The largest absolute Gasteiger partial charge is 0.497 e. The minimum Gasteiger partial charge on any atom is -0.497 e.